The lowest BCUT2D eigenvalue weighted by Gasteiger charge is -2.29. The highest BCUT2D eigenvalue weighted by Gasteiger charge is 2.34. The number of carboxylic acid groups (broad SMARTS) is 1. The number of unbranched alkanes of at least 4 members (excludes halogenated alkanes) is 1. The van der Waals surface area contributed by atoms with Crippen molar-refractivity contribution in [1.82, 2.24) is 53.2 Å². The number of nitrogens with one attached hydrogen (secondary N) is 10. The molecule has 0 saturated heterocycles. The molecule has 5 atom stereocenters. The summed E-state index contributed by atoms with van der Waals surface area (Å²) in [5, 5.41) is 35.8. The van der Waals surface area contributed by atoms with Gasteiger partial charge in [-0.2, -0.15) is 0 Å². The predicted octanol–water partition coefficient (Wildman–Crippen LogP) is -3.45. The first kappa shape index (κ1) is 95.1. The fraction of sp³-hybridized carbons (Fsp3) is 0.676. The molecule has 36 nitrogen and oxygen atoms in total. The number of benzene rings is 2. The van der Waals surface area contributed by atoms with Crippen LogP contribution in [0.5, 0.6) is 0 Å². The van der Waals surface area contributed by atoms with Gasteiger partial charge in [-0.15, -0.1) is 0 Å². The molecule has 0 aliphatic carbocycles. The standard InChI is InChI=1S/C71H118N12O24/c1-52(2)43-57(80-67(91)56(73)17-11-12-18-72)70(94)83-66(53(3)4)71(95)82-59(45-55-15-9-6-10-16-55)69(93)81-58(44-54-13-7-5-8-14-54)68(92)79-24-30-101-35-41-106-50-64(88)77-22-28-99-33-39-104-48-62(86)75-20-26-97-31-37-102-46-60(84)74-19-25-96-32-38-103-47-61(85)76-21-27-98-34-40-105-49-63(87)78-23-29-100-36-42-107-51-65(89)90/h5-10,13-16,52-53,56-59,66H,11-12,17-51,72-73H2,1-4H3,(H,74,84)(H,75,86)(H,76,85)(H,77,88)(H,78,87)(H,79,92)(H,80,91)(H,81,93)(H,82,95)(H,83,94)(H,89,90)/t56-,57-,58-,59-,66-/m0/s1. The topological polar surface area (TPSA) is 491 Å². The minimum absolute atomic E-state index is 0.00208. The van der Waals surface area contributed by atoms with Gasteiger partial charge < -0.3 is 127 Å². The summed E-state index contributed by atoms with van der Waals surface area (Å²) in [5.41, 5.74) is 13.2. The molecule has 2 rings (SSSR count). The molecule has 10 amide bonds. The highest BCUT2D eigenvalue weighted by Crippen LogP contribution is 2.12. The van der Waals surface area contributed by atoms with E-state index in [2.05, 4.69) is 53.2 Å². The first-order valence-electron chi connectivity index (χ1n) is 36.2. The predicted molar refractivity (Wildman–Crippen MR) is 389 cm³/mol. The highest BCUT2D eigenvalue weighted by molar-refractivity contribution is 5.96. The second kappa shape index (κ2) is 63.0. The second-order valence-electron chi connectivity index (χ2n) is 24.7. The van der Waals surface area contributed by atoms with Crippen LogP contribution in [0.4, 0.5) is 0 Å². The maximum Gasteiger partial charge on any atom is 0.329 e. The summed E-state index contributed by atoms with van der Waals surface area (Å²) in [4.78, 5) is 140. The van der Waals surface area contributed by atoms with Gasteiger partial charge in [-0.3, -0.25) is 47.9 Å². The van der Waals surface area contributed by atoms with Crippen LogP contribution in [0.2, 0.25) is 0 Å². The van der Waals surface area contributed by atoms with Crippen molar-refractivity contribution in [3.05, 3.63) is 71.8 Å². The number of amides is 10. The molecule has 0 aromatic heterocycles. The van der Waals surface area contributed by atoms with Crippen LogP contribution in [0.25, 0.3) is 0 Å². The molecule has 36 heteroatoms. The fourth-order valence-electron chi connectivity index (χ4n) is 9.30. The number of aliphatic carboxylic acids is 1. The zero-order valence-corrected chi connectivity index (χ0v) is 62.5. The van der Waals surface area contributed by atoms with E-state index in [1.54, 1.807) is 38.1 Å². The molecule has 107 heavy (non-hydrogen) atoms. The summed E-state index contributed by atoms with van der Waals surface area (Å²) < 4.78 is 63.9. The molecule has 0 fully saturated rings. The molecule has 0 radical (unpaired) electrons. The van der Waals surface area contributed by atoms with Crippen LogP contribution in [-0.2, 0) is 122 Å². The number of carbonyl (C=O) groups excluding carboxylic acids is 10. The number of ether oxygens (including phenoxy) is 12. The van der Waals surface area contributed by atoms with Gasteiger partial charge in [-0.1, -0.05) is 94.8 Å². The van der Waals surface area contributed by atoms with Crippen molar-refractivity contribution in [1.29, 1.82) is 0 Å². The van der Waals surface area contributed by atoms with Crippen LogP contribution in [-0.4, -0.2) is 305 Å². The van der Waals surface area contributed by atoms with E-state index in [-0.39, 0.29) is 246 Å². The molecule has 0 heterocycles. The monoisotopic (exact) mass is 1520 g/mol. The zero-order valence-electron chi connectivity index (χ0n) is 62.5. The van der Waals surface area contributed by atoms with Crippen molar-refractivity contribution in [3.8, 4) is 0 Å². The lowest BCUT2D eigenvalue weighted by molar-refractivity contribution is -0.143. The average molecular weight is 1520 g/mol. The Morgan fingerprint density at radius 2 is 0.664 bits per heavy atom. The minimum atomic E-state index is -1.18. The van der Waals surface area contributed by atoms with Crippen LogP contribution in [0.3, 0.4) is 0 Å². The third kappa shape index (κ3) is 52.7. The van der Waals surface area contributed by atoms with Crippen molar-refractivity contribution < 1.29 is 115 Å². The van der Waals surface area contributed by atoms with Gasteiger partial charge in [0, 0.05) is 52.1 Å². The zero-order chi connectivity index (χ0) is 78.3. The number of carbonyl (C=O) groups is 11. The maximum absolute atomic E-state index is 14.3. The molecule has 0 bridgehead atoms. The van der Waals surface area contributed by atoms with E-state index in [0.717, 1.165) is 11.1 Å². The van der Waals surface area contributed by atoms with E-state index in [1.807, 2.05) is 50.2 Å². The number of hydrogen-bond donors (Lipinski definition) is 13. The number of carboxylic acids is 1. The smallest absolute Gasteiger partial charge is 0.329 e. The van der Waals surface area contributed by atoms with Crippen molar-refractivity contribution in [2.75, 3.05) is 204 Å². The van der Waals surface area contributed by atoms with Crippen LogP contribution in [0, 0.1) is 11.8 Å². The van der Waals surface area contributed by atoms with Gasteiger partial charge in [-0.25, -0.2) is 4.79 Å². The molecule has 0 spiro atoms. The molecule has 606 valence electrons. The second-order valence-corrected chi connectivity index (χ2v) is 24.7. The van der Waals surface area contributed by atoms with Crippen molar-refractivity contribution in [2.45, 2.75) is 96.4 Å². The average Bonchev–Trinajstić information content (AvgIpc) is 0.847. The largest absolute Gasteiger partial charge is 0.480 e. The van der Waals surface area contributed by atoms with Gasteiger partial charge in [0.2, 0.25) is 59.1 Å². The van der Waals surface area contributed by atoms with Gasteiger partial charge in [0.05, 0.1) is 125 Å². The summed E-state index contributed by atoms with van der Waals surface area (Å²) in [7, 11) is 0. The van der Waals surface area contributed by atoms with Gasteiger partial charge in [0.1, 0.15) is 63.8 Å². The third-order valence-electron chi connectivity index (χ3n) is 14.7. The normalized spacial score (nSPS) is 12.6. The Morgan fingerprint density at radius 3 is 1.00 bits per heavy atom. The van der Waals surface area contributed by atoms with Gasteiger partial charge >= 0.3 is 5.97 Å². The summed E-state index contributed by atoms with van der Waals surface area (Å²) in [6, 6.07) is 12.9. The Balaban J connectivity index is 1.52. The van der Waals surface area contributed by atoms with E-state index >= 15 is 0 Å². The maximum atomic E-state index is 14.3. The van der Waals surface area contributed by atoms with Crippen molar-refractivity contribution >= 4 is 65.0 Å². The first-order valence-corrected chi connectivity index (χ1v) is 36.2. The number of hydrogen-bond acceptors (Lipinski definition) is 25. The van der Waals surface area contributed by atoms with Crippen LogP contribution in [0.1, 0.15) is 64.5 Å². The van der Waals surface area contributed by atoms with Crippen molar-refractivity contribution in [2.24, 2.45) is 23.3 Å². The summed E-state index contributed by atoms with van der Waals surface area (Å²) in [6.07, 6.45) is 2.19. The fourth-order valence-corrected chi connectivity index (χ4v) is 9.30. The molecule has 0 saturated carbocycles. The van der Waals surface area contributed by atoms with E-state index in [1.165, 1.54) is 0 Å². The van der Waals surface area contributed by atoms with Gasteiger partial charge in [-0.05, 0) is 48.8 Å². The van der Waals surface area contributed by atoms with Crippen molar-refractivity contribution in [3.63, 3.8) is 0 Å². The Bertz CT molecular complexity index is 2790. The molecular weight excluding hydrogens is 1400 g/mol. The minimum Gasteiger partial charge on any atom is -0.480 e. The lowest BCUT2D eigenvalue weighted by Crippen LogP contribution is -2.60. The SMILES string of the molecule is CC(C)C[C@H](NC(=O)[C@@H](N)CCCCN)C(=O)N[C@H](C(=O)N[C@@H](Cc1ccccc1)C(=O)N[C@@H](Cc1ccccc1)C(=O)NCCOCCOCC(=O)NCCOCCOCC(=O)NCCOCCOCC(=O)NCCOCCOCC(=O)NCCOCCOCC(=O)NCCOCCOCC(=O)O)C(C)C. The Kier molecular flexibility index (Phi) is 56.0. The van der Waals surface area contributed by atoms with E-state index in [9.17, 15) is 52.7 Å². The number of rotatable bonds is 68. The van der Waals surface area contributed by atoms with Crippen LogP contribution >= 0.6 is 0 Å². The Morgan fingerprint density at radius 1 is 0.355 bits per heavy atom. The molecule has 15 N–H and O–H groups in total. The van der Waals surface area contributed by atoms with E-state index < -0.39 is 78.2 Å². The molecule has 2 aromatic carbocycles. The number of nitrogens with two attached hydrogens (primary N) is 2. The molecule has 0 aliphatic heterocycles. The van der Waals surface area contributed by atoms with Crippen LogP contribution < -0.4 is 64.6 Å². The lowest BCUT2D eigenvalue weighted by atomic mass is 9.98. The molecule has 0 unspecified atom stereocenters. The summed E-state index contributed by atoms with van der Waals surface area (Å²) >= 11 is 0. The van der Waals surface area contributed by atoms with E-state index in [0.29, 0.717) is 25.8 Å². The molecule has 0 aliphatic rings. The third-order valence-corrected chi connectivity index (χ3v) is 14.7. The van der Waals surface area contributed by atoms with E-state index in [4.69, 9.17) is 73.4 Å². The first-order chi connectivity index (χ1) is 51.7. The Labute approximate surface area is 626 Å². The molecular formula is C71H118N12O24. The summed E-state index contributed by atoms with van der Waals surface area (Å²) in [6.45, 7) is 10.8. The Hall–Kier alpha value is -7.95. The van der Waals surface area contributed by atoms with Gasteiger partial charge in [0.15, 0.2) is 0 Å². The molecule has 2 aromatic rings. The quantitative estimate of drug-likeness (QED) is 0.0286. The summed E-state index contributed by atoms with van der Waals surface area (Å²) in [5.74, 6) is -6.10. The van der Waals surface area contributed by atoms with Gasteiger partial charge in [0.25, 0.3) is 0 Å². The van der Waals surface area contributed by atoms with Crippen LogP contribution in [0.15, 0.2) is 60.7 Å². The highest BCUT2D eigenvalue weighted by atomic mass is 16.6.